The molecule has 6 nitrogen and oxygen atoms in total. The number of aliphatic hydroxyl groups is 1. The average molecular weight is 438 g/mol. The van der Waals surface area contributed by atoms with Crippen molar-refractivity contribution in [3.05, 3.63) is 52.2 Å². The van der Waals surface area contributed by atoms with Crippen LogP contribution < -0.4 is 0 Å². The zero-order chi connectivity index (χ0) is 22.8. The Labute approximate surface area is 188 Å². The molecule has 1 fully saturated rings. The lowest BCUT2D eigenvalue weighted by Gasteiger charge is -2.32. The first-order chi connectivity index (χ1) is 15.5. The van der Waals surface area contributed by atoms with Crippen molar-refractivity contribution in [3.63, 3.8) is 0 Å². The molecule has 1 unspecified atom stereocenters. The van der Waals surface area contributed by atoms with Crippen LogP contribution in [-0.2, 0) is 25.8 Å². The largest absolute Gasteiger partial charge is 0.462 e. The van der Waals surface area contributed by atoms with Crippen LogP contribution in [0.1, 0.15) is 70.1 Å². The highest BCUT2D eigenvalue weighted by molar-refractivity contribution is 6.28. The number of ether oxygens (including phenoxy) is 2. The highest BCUT2D eigenvalue weighted by Gasteiger charge is 2.41. The summed E-state index contributed by atoms with van der Waals surface area (Å²) in [6.45, 7) is 5.79. The van der Waals surface area contributed by atoms with Gasteiger partial charge in [0.25, 0.3) is 0 Å². The van der Waals surface area contributed by atoms with E-state index >= 15 is 0 Å². The maximum Gasteiger partial charge on any atom is 0.339 e. The monoisotopic (exact) mass is 437 g/mol. The molecule has 0 spiro atoms. The standard InChI is InChI=1S/C26H31NO5/c1-4-31-25(29)22-20(17-11-7-6-8-12-17)16(3)24-21(23(22)26(30)32-5-2)18-13-9-10-14-19(18)27(24)15-28/h9-10,13-14,16,28H,4-8,11-12,15H2,1-3H3. The van der Waals surface area contributed by atoms with Crippen molar-refractivity contribution in [2.75, 3.05) is 13.2 Å². The quantitative estimate of drug-likeness (QED) is 0.677. The van der Waals surface area contributed by atoms with Gasteiger partial charge < -0.3 is 19.1 Å². The van der Waals surface area contributed by atoms with Gasteiger partial charge in [0.2, 0.25) is 0 Å². The number of carbonyl (C=O) groups is 2. The van der Waals surface area contributed by atoms with Crippen LogP contribution in [0, 0.1) is 0 Å². The third-order valence-electron chi connectivity index (χ3n) is 6.56. The van der Waals surface area contributed by atoms with Crippen molar-refractivity contribution in [2.45, 2.75) is 65.5 Å². The lowest BCUT2D eigenvalue weighted by atomic mass is 9.74. The predicted octanol–water partition coefficient (Wildman–Crippen LogP) is 4.85. The molecule has 4 rings (SSSR count). The van der Waals surface area contributed by atoms with Gasteiger partial charge in [-0.05, 0) is 51.2 Å². The molecule has 1 heterocycles. The second-order valence-electron chi connectivity index (χ2n) is 8.34. The Morgan fingerprint density at radius 1 is 1.00 bits per heavy atom. The van der Waals surface area contributed by atoms with Crippen LogP contribution in [0.4, 0.5) is 0 Å². The summed E-state index contributed by atoms with van der Waals surface area (Å²) in [6, 6.07) is 7.66. The summed E-state index contributed by atoms with van der Waals surface area (Å²) >= 11 is 0. The molecule has 1 saturated carbocycles. The maximum absolute atomic E-state index is 13.4. The van der Waals surface area contributed by atoms with Crippen molar-refractivity contribution in [1.82, 2.24) is 4.57 Å². The Morgan fingerprint density at radius 3 is 2.25 bits per heavy atom. The Bertz CT molecular complexity index is 1110. The molecule has 2 aliphatic rings. The Morgan fingerprint density at radius 2 is 1.62 bits per heavy atom. The van der Waals surface area contributed by atoms with Gasteiger partial charge in [-0.1, -0.05) is 37.1 Å². The predicted molar refractivity (Wildman–Crippen MR) is 123 cm³/mol. The second-order valence-corrected chi connectivity index (χ2v) is 8.34. The van der Waals surface area contributed by atoms with Crippen molar-refractivity contribution in [1.29, 1.82) is 0 Å². The minimum atomic E-state index is -0.529. The van der Waals surface area contributed by atoms with Crippen LogP contribution in [0.2, 0.25) is 0 Å². The lowest BCUT2D eigenvalue weighted by molar-refractivity contribution is -0.140. The first kappa shape index (κ1) is 22.3. The maximum atomic E-state index is 13.4. The molecule has 1 aromatic carbocycles. The van der Waals surface area contributed by atoms with Crippen molar-refractivity contribution < 1.29 is 24.2 Å². The van der Waals surface area contributed by atoms with Crippen LogP contribution in [0.3, 0.4) is 0 Å². The average Bonchev–Trinajstić information content (AvgIpc) is 3.14. The number of fused-ring (bicyclic) bond motifs is 3. The van der Waals surface area contributed by atoms with Gasteiger partial charge in [0.15, 0.2) is 0 Å². The normalized spacial score (nSPS) is 18.7. The number of rotatable bonds is 5. The fourth-order valence-electron chi connectivity index (χ4n) is 5.35. The Kier molecular flexibility index (Phi) is 6.51. The van der Waals surface area contributed by atoms with Gasteiger partial charge in [-0.25, -0.2) is 9.59 Å². The number of aromatic nitrogens is 1. The van der Waals surface area contributed by atoms with Crippen molar-refractivity contribution in [3.8, 4) is 0 Å². The van der Waals surface area contributed by atoms with E-state index in [-0.39, 0.29) is 31.4 Å². The highest BCUT2D eigenvalue weighted by Crippen LogP contribution is 2.50. The lowest BCUT2D eigenvalue weighted by Crippen LogP contribution is -2.26. The van der Waals surface area contributed by atoms with E-state index in [9.17, 15) is 14.7 Å². The fourth-order valence-corrected chi connectivity index (χ4v) is 5.35. The van der Waals surface area contributed by atoms with Crippen molar-refractivity contribution >= 4 is 28.4 Å². The molecule has 0 amide bonds. The zero-order valence-corrected chi connectivity index (χ0v) is 19.1. The Hall–Kier alpha value is -2.86. The molecule has 1 N–H and O–H groups in total. The molecule has 32 heavy (non-hydrogen) atoms. The molecular formula is C26H31NO5. The second kappa shape index (κ2) is 9.33. The van der Waals surface area contributed by atoms with E-state index in [1.807, 2.05) is 28.8 Å². The summed E-state index contributed by atoms with van der Waals surface area (Å²) in [5.74, 6) is -1.18. The van der Waals surface area contributed by atoms with Crippen LogP contribution in [0.5, 0.6) is 0 Å². The topological polar surface area (TPSA) is 77.8 Å². The van der Waals surface area contributed by atoms with Crippen LogP contribution in [0.15, 0.2) is 41.0 Å². The van der Waals surface area contributed by atoms with E-state index in [1.165, 1.54) is 5.57 Å². The summed E-state index contributed by atoms with van der Waals surface area (Å²) in [5.41, 5.74) is 5.01. The first-order valence-corrected chi connectivity index (χ1v) is 11.6. The van der Waals surface area contributed by atoms with Gasteiger partial charge >= 0.3 is 11.9 Å². The Balaban J connectivity index is 2.14. The number of para-hydroxylation sites is 1. The van der Waals surface area contributed by atoms with Gasteiger partial charge in [0, 0.05) is 22.6 Å². The zero-order valence-electron chi connectivity index (χ0n) is 19.1. The molecule has 1 aromatic heterocycles. The molecule has 6 heteroatoms. The van der Waals surface area contributed by atoms with Gasteiger partial charge in [-0.3, -0.25) is 0 Å². The van der Waals surface area contributed by atoms with E-state index in [2.05, 4.69) is 6.92 Å². The summed E-state index contributed by atoms with van der Waals surface area (Å²) in [5, 5.41) is 11.1. The summed E-state index contributed by atoms with van der Waals surface area (Å²) < 4.78 is 12.8. The molecule has 170 valence electrons. The minimum absolute atomic E-state index is 0.171. The van der Waals surface area contributed by atoms with Gasteiger partial charge in [-0.2, -0.15) is 0 Å². The van der Waals surface area contributed by atoms with E-state index in [0.717, 1.165) is 54.3 Å². The number of nitrogens with zero attached hydrogens (tertiary/aromatic N) is 1. The van der Waals surface area contributed by atoms with Gasteiger partial charge in [0.05, 0.1) is 29.9 Å². The molecule has 2 aromatic rings. The third kappa shape index (κ3) is 3.56. The van der Waals surface area contributed by atoms with Gasteiger partial charge in [-0.15, -0.1) is 0 Å². The van der Waals surface area contributed by atoms with E-state index in [0.29, 0.717) is 11.1 Å². The fraction of sp³-hybridized carbons (Fsp3) is 0.462. The number of benzene rings is 1. The van der Waals surface area contributed by atoms with Crippen LogP contribution >= 0.6 is 0 Å². The summed E-state index contributed by atoms with van der Waals surface area (Å²) in [7, 11) is 0. The summed E-state index contributed by atoms with van der Waals surface area (Å²) in [4.78, 5) is 26.7. The minimum Gasteiger partial charge on any atom is -0.462 e. The van der Waals surface area contributed by atoms with Crippen molar-refractivity contribution in [2.24, 2.45) is 0 Å². The number of carbonyl (C=O) groups excluding carboxylic acids is 2. The number of hydrogen-bond donors (Lipinski definition) is 1. The molecule has 0 aliphatic heterocycles. The molecule has 0 radical (unpaired) electrons. The SMILES string of the molecule is CCOC(=O)C1=C(C(=O)OCC)c2c(n(CO)c3ccccc23)C(C)C1=C1CCCCC1. The molecule has 0 bridgehead atoms. The third-order valence-corrected chi connectivity index (χ3v) is 6.56. The molecular weight excluding hydrogens is 406 g/mol. The number of esters is 2. The van der Waals surface area contributed by atoms with Crippen LogP contribution in [0.25, 0.3) is 16.5 Å². The highest BCUT2D eigenvalue weighted by atomic mass is 16.5. The number of aliphatic hydroxyl groups excluding tert-OH is 1. The van der Waals surface area contributed by atoms with E-state index in [4.69, 9.17) is 9.47 Å². The van der Waals surface area contributed by atoms with E-state index in [1.54, 1.807) is 13.8 Å². The summed E-state index contributed by atoms with van der Waals surface area (Å²) in [6.07, 6.45) is 5.08. The smallest absolute Gasteiger partial charge is 0.339 e. The molecule has 0 saturated heterocycles. The van der Waals surface area contributed by atoms with E-state index < -0.39 is 11.9 Å². The van der Waals surface area contributed by atoms with Crippen LogP contribution in [-0.4, -0.2) is 34.8 Å². The molecule has 1 atom stereocenters. The first-order valence-electron chi connectivity index (χ1n) is 11.6. The number of hydrogen-bond acceptors (Lipinski definition) is 5. The molecule has 2 aliphatic carbocycles. The number of allylic oxidation sites excluding steroid dienone is 1. The van der Waals surface area contributed by atoms with Gasteiger partial charge in [0.1, 0.15) is 6.73 Å².